The minimum absolute atomic E-state index is 0.144. The number of benzene rings is 1. The van der Waals surface area contributed by atoms with E-state index in [1.807, 2.05) is 12.1 Å². The van der Waals surface area contributed by atoms with E-state index in [2.05, 4.69) is 26.1 Å². The SMILES string of the molecule is CCNC(CC)C(C)Sc1ccc([N+](=O)[O-])cc1. The topological polar surface area (TPSA) is 55.2 Å². The fourth-order valence-electron chi connectivity index (χ4n) is 1.85. The van der Waals surface area contributed by atoms with Crippen molar-refractivity contribution in [1.82, 2.24) is 5.32 Å². The van der Waals surface area contributed by atoms with E-state index >= 15 is 0 Å². The monoisotopic (exact) mass is 268 g/mol. The molecule has 0 saturated heterocycles. The van der Waals surface area contributed by atoms with Gasteiger partial charge in [-0.3, -0.25) is 10.1 Å². The van der Waals surface area contributed by atoms with E-state index < -0.39 is 0 Å². The third-order valence-electron chi connectivity index (χ3n) is 2.84. The molecule has 1 N–H and O–H groups in total. The summed E-state index contributed by atoms with van der Waals surface area (Å²) in [6.45, 7) is 7.42. The molecule has 2 atom stereocenters. The highest BCUT2D eigenvalue weighted by Crippen LogP contribution is 2.27. The van der Waals surface area contributed by atoms with E-state index in [4.69, 9.17) is 0 Å². The first-order chi connectivity index (χ1) is 8.58. The first-order valence-electron chi connectivity index (χ1n) is 6.23. The van der Waals surface area contributed by atoms with Crippen molar-refractivity contribution < 1.29 is 4.92 Å². The van der Waals surface area contributed by atoms with Crippen molar-refractivity contribution in [2.24, 2.45) is 0 Å². The molecular formula is C13H20N2O2S. The summed E-state index contributed by atoms with van der Waals surface area (Å²) in [5, 5.41) is 14.5. The molecule has 4 nitrogen and oxygen atoms in total. The number of nitrogens with one attached hydrogen (secondary N) is 1. The normalized spacial score (nSPS) is 14.2. The Kier molecular flexibility index (Phi) is 6.15. The third kappa shape index (κ3) is 4.31. The quantitative estimate of drug-likeness (QED) is 0.467. The summed E-state index contributed by atoms with van der Waals surface area (Å²) in [5.74, 6) is 0. The van der Waals surface area contributed by atoms with Crippen molar-refractivity contribution in [2.75, 3.05) is 6.54 Å². The molecule has 0 aliphatic rings. The van der Waals surface area contributed by atoms with Crippen LogP contribution in [0.5, 0.6) is 0 Å². The van der Waals surface area contributed by atoms with E-state index in [0.29, 0.717) is 11.3 Å². The molecule has 0 aliphatic carbocycles. The summed E-state index contributed by atoms with van der Waals surface area (Å²) in [4.78, 5) is 11.3. The summed E-state index contributed by atoms with van der Waals surface area (Å²) in [6, 6.07) is 7.22. The molecule has 1 rings (SSSR count). The van der Waals surface area contributed by atoms with Gasteiger partial charge in [0.1, 0.15) is 0 Å². The van der Waals surface area contributed by atoms with E-state index in [1.165, 1.54) is 0 Å². The van der Waals surface area contributed by atoms with Gasteiger partial charge in [0.15, 0.2) is 0 Å². The molecule has 0 heterocycles. The number of hydrogen-bond acceptors (Lipinski definition) is 4. The van der Waals surface area contributed by atoms with Gasteiger partial charge < -0.3 is 5.32 Å². The van der Waals surface area contributed by atoms with Crippen molar-refractivity contribution in [3.05, 3.63) is 34.4 Å². The summed E-state index contributed by atoms with van der Waals surface area (Å²) < 4.78 is 0. The molecular weight excluding hydrogens is 248 g/mol. The maximum absolute atomic E-state index is 10.6. The van der Waals surface area contributed by atoms with Crippen LogP contribution in [0.4, 0.5) is 5.69 Å². The lowest BCUT2D eigenvalue weighted by Crippen LogP contribution is -2.35. The Hall–Kier alpha value is -1.07. The molecule has 0 aromatic heterocycles. The first-order valence-corrected chi connectivity index (χ1v) is 7.10. The predicted octanol–water partition coefficient (Wildman–Crippen LogP) is 3.46. The second-order valence-corrected chi connectivity index (χ2v) is 5.60. The molecule has 0 fully saturated rings. The number of thioether (sulfide) groups is 1. The van der Waals surface area contributed by atoms with Crippen molar-refractivity contribution in [3.8, 4) is 0 Å². The fourth-order valence-corrected chi connectivity index (χ4v) is 3.02. The van der Waals surface area contributed by atoms with Gasteiger partial charge in [-0.15, -0.1) is 11.8 Å². The van der Waals surface area contributed by atoms with E-state index in [9.17, 15) is 10.1 Å². The van der Waals surface area contributed by atoms with E-state index in [0.717, 1.165) is 17.9 Å². The number of non-ortho nitro benzene ring substituents is 1. The van der Waals surface area contributed by atoms with Crippen molar-refractivity contribution >= 4 is 17.4 Å². The Morgan fingerprint density at radius 1 is 1.33 bits per heavy atom. The van der Waals surface area contributed by atoms with Crippen LogP contribution in [0, 0.1) is 10.1 Å². The number of hydrogen-bond donors (Lipinski definition) is 1. The van der Waals surface area contributed by atoms with Gasteiger partial charge in [0.2, 0.25) is 0 Å². The molecule has 0 radical (unpaired) electrons. The zero-order valence-electron chi connectivity index (χ0n) is 11.1. The predicted molar refractivity (Wildman–Crippen MR) is 76.2 cm³/mol. The van der Waals surface area contributed by atoms with Crippen LogP contribution >= 0.6 is 11.8 Å². The Bertz CT molecular complexity index is 381. The number of nitro groups is 1. The second-order valence-electron chi connectivity index (χ2n) is 4.15. The second kappa shape index (κ2) is 7.38. The van der Waals surface area contributed by atoms with Gasteiger partial charge in [0, 0.05) is 28.3 Å². The highest BCUT2D eigenvalue weighted by atomic mass is 32.2. The van der Waals surface area contributed by atoms with Crippen LogP contribution in [0.25, 0.3) is 0 Å². The van der Waals surface area contributed by atoms with Gasteiger partial charge in [-0.1, -0.05) is 20.8 Å². The standard InChI is InChI=1S/C13H20N2O2S/c1-4-13(14-5-2)10(3)18-12-8-6-11(7-9-12)15(16)17/h6-10,13-14H,4-5H2,1-3H3. The highest BCUT2D eigenvalue weighted by Gasteiger charge is 2.15. The Balaban J connectivity index is 2.63. The first kappa shape index (κ1) is 15.0. The lowest BCUT2D eigenvalue weighted by Gasteiger charge is -2.22. The van der Waals surface area contributed by atoms with Gasteiger partial charge in [0.05, 0.1) is 4.92 Å². The van der Waals surface area contributed by atoms with Gasteiger partial charge in [0.25, 0.3) is 5.69 Å². The average molecular weight is 268 g/mol. The van der Waals surface area contributed by atoms with Crippen LogP contribution in [0.15, 0.2) is 29.2 Å². The molecule has 0 aliphatic heterocycles. The maximum atomic E-state index is 10.6. The Labute approximate surface area is 112 Å². The summed E-state index contributed by atoms with van der Waals surface area (Å²) in [7, 11) is 0. The number of nitrogens with zero attached hydrogens (tertiary/aromatic N) is 1. The average Bonchev–Trinajstić information content (AvgIpc) is 2.36. The lowest BCUT2D eigenvalue weighted by atomic mass is 10.2. The molecule has 5 heteroatoms. The van der Waals surface area contributed by atoms with E-state index in [1.54, 1.807) is 23.9 Å². The van der Waals surface area contributed by atoms with Gasteiger partial charge in [-0.25, -0.2) is 0 Å². The molecule has 0 amide bonds. The van der Waals surface area contributed by atoms with Gasteiger partial charge in [-0.05, 0) is 25.1 Å². The van der Waals surface area contributed by atoms with Crippen LogP contribution in [0.3, 0.4) is 0 Å². The molecule has 100 valence electrons. The molecule has 18 heavy (non-hydrogen) atoms. The van der Waals surface area contributed by atoms with Gasteiger partial charge in [-0.2, -0.15) is 0 Å². The van der Waals surface area contributed by atoms with Gasteiger partial charge >= 0.3 is 0 Å². The lowest BCUT2D eigenvalue weighted by molar-refractivity contribution is -0.384. The van der Waals surface area contributed by atoms with Crippen LogP contribution < -0.4 is 5.32 Å². The summed E-state index contributed by atoms with van der Waals surface area (Å²) >= 11 is 1.75. The van der Waals surface area contributed by atoms with Crippen LogP contribution in [-0.4, -0.2) is 22.8 Å². The smallest absolute Gasteiger partial charge is 0.269 e. The molecule has 1 aromatic rings. The number of rotatable bonds is 7. The minimum Gasteiger partial charge on any atom is -0.313 e. The third-order valence-corrected chi connectivity index (χ3v) is 4.09. The maximum Gasteiger partial charge on any atom is 0.269 e. The molecule has 2 unspecified atom stereocenters. The van der Waals surface area contributed by atoms with E-state index in [-0.39, 0.29) is 10.6 Å². The van der Waals surface area contributed by atoms with Crippen molar-refractivity contribution in [3.63, 3.8) is 0 Å². The minimum atomic E-state index is -0.370. The molecule has 0 spiro atoms. The largest absolute Gasteiger partial charge is 0.313 e. The number of nitro benzene ring substituents is 1. The zero-order chi connectivity index (χ0) is 13.5. The Morgan fingerprint density at radius 3 is 2.39 bits per heavy atom. The Morgan fingerprint density at radius 2 is 1.94 bits per heavy atom. The van der Waals surface area contributed by atoms with Crippen molar-refractivity contribution in [1.29, 1.82) is 0 Å². The molecule has 0 saturated carbocycles. The zero-order valence-corrected chi connectivity index (χ0v) is 11.9. The molecule has 1 aromatic carbocycles. The van der Waals surface area contributed by atoms with Crippen molar-refractivity contribution in [2.45, 2.75) is 43.4 Å². The van der Waals surface area contributed by atoms with Crippen LogP contribution in [-0.2, 0) is 0 Å². The highest BCUT2D eigenvalue weighted by molar-refractivity contribution is 8.00. The summed E-state index contributed by atoms with van der Waals surface area (Å²) in [6.07, 6.45) is 1.08. The fraction of sp³-hybridized carbons (Fsp3) is 0.538. The van der Waals surface area contributed by atoms with Crippen LogP contribution in [0.2, 0.25) is 0 Å². The molecule has 0 bridgehead atoms. The van der Waals surface area contributed by atoms with Crippen LogP contribution in [0.1, 0.15) is 27.2 Å². The summed E-state index contributed by atoms with van der Waals surface area (Å²) in [5.41, 5.74) is 0.144.